The average molecular weight is 186 g/mol. The molecule has 2 nitrogen and oxygen atoms in total. The molecule has 0 spiro atoms. The van der Waals surface area contributed by atoms with E-state index < -0.39 is 11.5 Å². The summed E-state index contributed by atoms with van der Waals surface area (Å²) in [4.78, 5) is 0. The number of allylic oxidation sites excluding steroid dienone is 1. The Labute approximate surface area is 81.3 Å². The average Bonchev–Trinajstić information content (AvgIpc) is 1.99. The van der Waals surface area contributed by atoms with Gasteiger partial charge in [-0.3, -0.25) is 0 Å². The van der Waals surface area contributed by atoms with Crippen LogP contribution >= 0.6 is 0 Å². The second-order valence-corrected chi connectivity index (χ2v) is 4.62. The second-order valence-electron chi connectivity index (χ2n) is 4.62. The van der Waals surface area contributed by atoms with Crippen LogP contribution in [0.4, 0.5) is 0 Å². The van der Waals surface area contributed by atoms with E-state index in [1.165, 1.54) is 0 Å². The van der Waals surface area contributed by atoms with Crippen LogP contribution in [-0.4, -0.2) is 16.3 Å². The Kier molecular flexibility index (Phi) is 4.48. The summed E-state index contributed by atoms with van der Waals surface area (Å²) in [6.45, 7) is 9.56. The highest BCUT2D eigenvalue weighted by atomic mass is 16.3. The third-order valence-electron chi connectivity index (χ3n) is 2.49. The van der Waals surface area contributed by atoms with Gasteiger partial charge in [0.2, 0.25) is 0 Å². The maximum Gasteiger partial charge on any atom is 0.0964 e. The molecule has 1 unspecified atom stereocenters. The molecular weight excluding hydrogens is 164 g/mol. The molecular formula is C11H22O2. The molecule has 0 aromatic heterocycles. The van der Waals surface area contributed by atoms with Gasteiger partial charge in [0, 0.05) is 5.41 Å². The molecule has 0 radical (unpaired) electrons. The highest BCUT2D eigenvalue weighted by Crippen LogP contribution is 2.28. The molecule has 0 aliphatic heterocycles. The standard InChI is InChI=1S/C11H22O2/c1-8(2)6-7-10(13)11(4,5)9(3)12/h7-9,12-13H,6H2,1-5H3/b10-7-. The Balaban J connectivity index is 4.39. The van der Waals surface area contributed by atoms with Gasteiger partial charge in [0.25, 0.3) is 0 Å². The Hall–Kier alpha value is -0.500. The third-order valence-corrected chi connectivity index (χ3v) is 2.49. The van der Waals surface area contributed by atoms with E-state index in [1.807, 2.05) is 13.8 Å². The van der Waals surface area contributed by atoms with Gasteiger partial charge in [0.05, 0.1) is 11.9 Å². The van der Waals surface area contributed by atoms with Gasteiger partial charge in [0.15, 0.2) is 0 Å². The Bertz CT molecular complexity index is 179. The maximum atomic E-state index is 9.70. The molecule has 0 amide bonds. The van der Waals surface area contributed by atoms with E-state index in [2.05, 4.69) is 13.8 Å². The van der Waals surface area contributed by atoms with Gasteiger partial charge in [-0.2, -0.15) is 0 Å². The smallest absolute Gasteiger partial charge is 0.0964 e. The molecule has 0 saturated carbocycles. The van der Waals surface area contributed by atoms with Crippen molar-refractivity contribution in [3.05, 3.63) is 11.8 Å². The van der Waals surface area contributed by atoms with Crippen molar-refractivity contribution in [3.63, 3.8) is 0 Å². The molecule has 1 atom stereocenters. The van der Waals surface area contributed by atoms with Crippen molar-refractivity contribution < 1.29 is 10.2 Å². The van der Waals surface area contributed by atoms with Gasteiger partial charge in [0.1, 0.15) is 0 Å². The first-order valence-corrected chi connectivity index (χ1v) is 4.86. The minimum absolute atomic E-state index is 0.288. The molecule has 2 heteroatoms. The molecule has 0 fully saturated rings. The molecule has 0 saturated heterocycles. The van der Waals surface area contributed by atoms with Gasteiger partial charge in [-0.1, -0.05) is 27.7 Å². The topological polar surface area (TPSA) is 40.5 Å². The molecule has 0 aliphatic carbocycles. The van der Waals surface area contributed by atoms with E-state index in [4.69, 9.17) is 0 Å². The van der Waals surface area contributed by atoms with E-state index in [0.717, 1.165) is 6.42 Å². The fraction of sp³-hybridized carbons (Fsp3) is 0.818. The van der Waals surface area contributed by atoms with Crippen LogP contribution in [0.3, 0.4) is 0 Å². The highest BCUT2D eigenvalue weighted by Gasteiger charge is 2.28. The molecule has 2 N–H and O–H groups in total. The van der Waals surface area contributed by atoms with Crippen LogP contribution in [0, 0.1) is 11.3 Å². The lowest BCUT2D eigenvalue weighted by atomic mass is 9.84. The first-order chi connectivity index (χ1) is 5.78. The maximum absolute atomic E-state index is 9.70. The zero-order valence-corrected chi connectivity index (χ0v) is 9.33. The number of hydrogen-bond donors (Lipinski definition) is 2. The number of hydrogen-bond acceptors (Lipinski definition) is 2. The monoisotopic (exact) mass is 186 g/mol. The molecule has 13 heavy (non-hydrogen) atoms. The van der Waals surface area contributed by atoms with Crippen molar-refractivity contribution in [3.8, 4) is 0 Å². The lowest BCUT2D eigenvalue weighted by Gasteiger charge is -2.27. The normalized spacial score (nSPS) is 16.4. The molecule has 0 aliphatic rings. The zero-order valence-electron chi connectivity index (χ0n) is 9.33. The van der Waals surface area contributed by atoms with E-state index in [1.54, 1.807) is 13.0 Å². The lowest BCUT2D eigenvalue weighted by Crippen LogP contribution is -2.28. The highest BCUT2D eigenvalue weighted by molar-refractivity contribution is 5.05. The molecule has 0 rings (SSSR count). The first-order valence-electron chi connectivity index (χ1n) is 4.86. The van der Waals surface area contributed by atoms with Crippen LogP contribution in [0.25, 0.3) is 0 Å². The molecule has 78 valence electrons. The van der Waals surface area contributed by atoms with Crippen LogP contribution in [0.1, 0.15) is 41.0 Å². The summed E-state index contributed by atoms with van der Waals surface area (Å²) in [5.41, 5.74) is -0.533. The van der Waals surface area contributed by atoms with E-state index in [-0.39, 0.29) is 5.76 Å². The number of aliphatic hydroxyl groups is 2. The van der Waals surface area contributed by atoms with Crippen LogP contribution in [-0.2, 0) is 0 Å². The van der Waals surface area contributed by atoms with Crippen LogP contribution in [0.5, 0.6) is 0 Å². The molecule has 0 aromatic carbocycles. The van der Waals surface area contributed by atoms with E-state index in [0.29, 0.717) is 5.92 Å². The summed E-state index contributed by atoms with van der Waals surface area (Å²) in [6, 6.07) is 0. The predicted molar refractivity (Wildman–Crippen MR) is 55.6 cm³/mol. The van der Waals surface area contributed by atoms with Crippen molar-refractivity contribution in [2.45, 2.75) is 47.1 Å². The molecule has 0 bridgehead atoms. The van der Waals surface area contributed by atoms with Crippen molar-refractivity contribution in [2.75, 3.05) is 0 Å². The largest absolute Gasteiger partial charge is 0.512 e. The number of aliphatic hydroxyl groups excluding tert-OH is 2. The number of rotatable bonds is 4. The quantitative estimate of drug-likeness (QED) is 0.663. The lowest BCUT2D eigenvalue weighted by molar-refractivity contribution is 0.0605. The summed E-state index contributed by atoms with van der Waals surface area (Å²) in [6.07, 6.45) is 2.12. The molecule has 0 aromatic rings. The predicted octanol–water partition coefficient (Wildman–Crippen LogP) is 2.88. The fourth-order valence-corrected chi connectivity index (χ4v) is 0.824. The van der Waals surface area contributed by atoms with Gasteiger partial charge < -0.3 is 10.2 Å². The summed E-state index contributed by atoms with van der Waals surface area (Å²) in [5, 5.41) is 19.1. The second kappa shape index (κ2) is 4.66. The molecule has 0 heterocycles. The summed E-state index contributed by atoms with van der Waals surface area (Å²) in [7, 11) is 0. The van der Waals surface area contributed by atoms with Crippen LogP contribution in [0.2, 0.25) is 0 Å². The minimum atomic E-state index is -0.533. The van der Waals surface area contributed by atoms with Gasteiger partial charge in [-0.05, 0) is 25.3 Å². The van der Waals surface area contributed by atoms with Crippen LogP contribution < -0.4 is 0 Å². The first kappa shape index (κ1) is 12.5. The van der Waals surface area contributed by atoms with Crippen molar-refractivity contribution >= 4 is 0 Å². The van der Waals surface area contributed by atoms with E-state index in [9.17, 15) is 10.2 Å². The fourth-order valence-electron chi connectivity index (χ4n) is 0.824. The summed E-state index contributed by atoms with van der Waals surface area (Å²) >= 11 is 0. The minimum Gasteiger partial charge on any atom is -0.512 e. The Morgan fingerprint density at radius 1 is 1.31 bits per heavy atom. The summed E-state index contributed by atoms with van der Waals surface area (Å²) in [5.74, 6) is 0.822. The zero-order chi connectivity index (χ0) is 10.6. The van der Waals surface area contributed by atoms with Crippen molar-refractivity contribution in [1.82, 2.24) is 0 Å². The van der Waals surface area contributed by atoms with Gasteiger partial charge >= 0.3 is 0 Å². The van der Waals surface area contributed by atoms with Crippen molar-refractivity contribution in [2.24, 2.45) is 11.3 Å². The summed E-state index contributed by atoms with van der Waals surface area (Å²) < 4.78 is 0. The van der Waals surface area contributed by atoms with E-state index >= 15 is 0 Å². The SMILES string of the molecule is CC(C)C/C=C(\O)C(C)(C)C(C)O. The Morgan fingerprint density at radius 2 is 1.77 bits per heavy atom. The van der Waals surface area contributed by atoms with Gasteiger partial charge in [-0.15, -0.1) is 0 Å². The Morgan fingerprint density at radius 3 is 2.08 bits per heavy atom. The van der Waals surface area contributed by atoms with Crippen molar-refractivity contribution in [1.29, 1.82) is 0 Å². The van der Waals surface area contributed by atoms with Gasteiger partial charge in [-0.25, -0.2) is 0 Å². The third kappa shape index (κ3) is 3.81. The van der Waals surface area contributed by atoms with Crippen LogP contribution in [0.15, 0.2) is 11.8 Å².